The molecule has 6 heterocycles. The molecule has 3 saturated heterocycles. The minimum Gasteiger partial charge on any atom is -0.378 e. The fourth-order valence-corrected chi connectivity index (χ4v) is 5.74. The molecule has 1 spiro atoms. The fourth-order valence-electron chi connectivity index (χ4n) is 5.74. The van der Waals surface area contributed by atoms with Gasteiger partial charge in [-0.3, -0.25) is 14.2 Å². The maximum absolute atomic E-state index is 13.2. The molecular formula is C26H32F2N10O4. The van der Waals surface area contributed by atoms with Crippen molar-refractivity contribution in [1.29, 1.82) is 0 Å². The zero-order valence-corrected chi connectivity index (χ0v) is 22.9. The molecule has 3 aromatic rings. The molecule has 3 aromatic heterocycles. The summed E-state index contributed by atoms with van der Waals surface area (Å²) in [6, 6.07) is -0.196. The number of nitrogens with one attached hydrogen (secondary N) is 2. The molecule has 2 unspecified atom stereocenters. The Labute approximate surface area is 239 Å². The number of ether oxygens (including phenoxy) is 2. The lowest BCUT2D eigenvalue weighted by Gasteiger charge is -2.39. The highest BCUT2D eigenvalue weighted by Gasteiger charge is 2.44. The molecule has 0 aromatic carbocycles. The first kappa shape index (κ1) is 28.0. The predicted molar refractivity (Wildman–Crippen MR) is 146 cm³/mol. The summed E-state index contributed by atoms with van der Waals surface area (Å²) in [7, 11) is 0. The van der Waals surface area contributed by atoms with Gasteiger partial charge in [-0.05, 0) is 18.9 Å². The number of nitrogens with zero attached hydrogens (tertiary/aromatic N) is 8. The number of carbonyl (C=O) groups excluding carboxylic acids is 2. The van der Waals surface area contributed by atoms with E-state index in [1.165, 1.54) is 24.8 Å². The van der Waals surface area contributed by atoms with Crippen molar-refractivity contribution in [2.45, 2.75) is 37.5 Å². The number of aromatic nitrogens is 6. The Morgan fingerprint density at radius 2 is 2.07 bits per heavy atom. The van der Waals surface area contributed by atoms with Crippen molar-refractivity contribution in [3.63, 3.8) is 0 Å². The molecule has 16 heteroatoms. The molecule has 3 aliphatic heterocycles. The van der Waals surface area contributed by atoms with E-state index in [9.17, 15) is 18.4 Å². The number of anilines is 2. The van der Waals surface area contributed by atoms with Gasteiger partial charge in [-0.2, -0.15) is 23.8 Å². The molecular weight excluding hydrogens is 554 g/mol. The lowest BCUT2D eigenvalue weighted by molar-refractivity contribution is -0.134. The maximum Gasteiger partial charge on any atom is 0.333 e. The van der Waals surface area contributed by atoms with Crippen molar-refractivity contribution in [1.82, 2.24) is 39.5 Å². The van der Waals surface area contributed by atoms with Gasteiger partial charge in [0.1, 0.15) is 6.33 Å². The van der Waals surface area contributed by atoms with E-state index >= 15 is 0 Å². The summed E-state index contributed by atoms with van der Waals surface area (Å²) < 4.78 is 40.0. The Balaban J connectivity index is 1.17. The molecule has 3 aliphatic rings. The van der Waals surface area contributed by atoms with Crippen LogP contribution in [0.2, 0.25) is 0 Å². The van der Waals surface area contributed by atoms with Crippen molar-refractivity contribution < 1.29 is 27.8 Å². The average Bonchev–Trinajstić information content (AvgIpc) is 3.75. The second-order valence-electron chi connectivity index (χ2n) is 10.6. The van der Waals surface area contributed by atoms with Gasteiger partial charge >= 0.3 is 6.55 Å². The van der Waals surface area contributed by atoms with Crippen LogP contribution in [-0.2, 0) is 19.1 Å². The van der Waals surface area contributed by atoms with Crippen molar-refractivity contribution in [2.24, 2.45) is 0 Å². The monoisotopic (exact) mass is 586 g/mol. The second kappa shape index (κ2) is 11.6. The van der Waals surface area contributed by atoms with Crippen LogP contribution in [0.5, 0.6) is 0 Å². The van der Waals surface area contributed by atoms with E-state index < -0.39 is 12.2 Å². The van der Waals surface area contributed by atoms with Gasteiger partial charge < -0.3 is 29.9 Å². The Kier molecular flexibility index (Phi) is 7.72. The summed E-state index contributed by atoms with van der Waals surface area (Å²) in [5.74, 6) is 0.362. The number of halogens is 2. The lowest BCUT2D eigenvalue weighted by atomic mass is 9.88. The van der Waals surface area contributed by atoms with Crippen molar-refractivity contribution in [3.8, 4) is 5.69 Å². The van der Waals surface area contributed by atoms with Crippen molar-refractivity contribution in [3.05, 3.63) is 31.4 Å². The number of imidazole rings is 1. The molecule has 14 nitrogen and oxygen atoms in total. The van der Waals surface area contributed by atoms with Crippen LogP contribution in [0.1, 0.15) is 25.8 Å². The SMILES string of the molecule is C=CC(=O)N1CCCC2(CC(NC(=O)CNc3nc(N4CCOCC4)nc4c3ncn4-c3cnn(C(F)F)c3)CO2)C1. The molecule has 3 fully saturated rings. The summed E-state index contributed by atoms with van der Waals surface area (Å²) in [5, 5.41) is 9.82. The number of piperidine rings is 1. The van der Waals surface area contributed by atoms with Crippen LogP contribution in [-0.4, -0.2) is 110 Å². The number of rotatable bonds is 8. The Morgan fingerprint density at radius 3 is 2.83 bits per heavy atom. The summed E-state index contributed by atoms with van der Waals surface area (Å²) in [6.07, 6.45) is 7.54. The molecule has 0 bridgehead atoms. The van der Waals surface area contributed by atoms with E-state index in [2.05, 4.69) is 37.3 Å². The number of hydrogen-bond acceptors (Lipinski definition) is 10. The highest BCUT2D eigenvalue weighted by atomic mass is 19.3. The zero-order valence-electron chi connectivity index (χ0n) is 22.9. The van der Waals surface area contributed by atoms with E-state index in [0.717, 1.165) is 12.8 Å². The summed E-state index contributed by atoms with van der Waals surface area (Å²) >= 11 is 0. The number of amides is 2. The molecule has 6 rings (SSSR count). The van der Waals surface area contributed by atoms with Gasteiger partial charge in [-0.15, -0.1) is 0 Å². The Hall–Kier alpha value is -4.18. The highest BCUT2D eigenvalue weighted by molar-refractivity contribution is 5.89. The standard InChI is InChI=1S/C26H32F2N10O4/c1-2-20(40)36-5-3-4-26(15-36)10-17(14-42-26)32-19(39)12-29-22-21-23(34-25(33-22)35-6-8-41-9-7-35)37(16-30-21)18-11-31-38(13-18)24(27)28/h2,11,13,16-17,24H,1,3-10,12,14-15H2,(H,32,39)(H,29,33,34). The van der Waals surface area contributed by atoms with Crippen LogP contribution < -0.4 is 15.5 Å². The normalized spacial score (nSPS) is 22.7. The summed E-state index contributed by atoms with van der Waals surface area (Å²) in [6.45, 7) is 4.37. The first-order valence-electron chi connectivity index (χ1n) is 13.8. The number of carbonyl (C=O) groups is 2. The van der Waals surface area contributed by atoms with E-state index in [-0.39, 0.29) is 24.4 Å². The first-order valence-corrected chi connectivity index (χ1v) is 13.8. The number of hydrogen-bond donors (Lipinski definition) is 2. The van der Waals surface area contributed by atoms with Crippen molar-refractivity contribution >= 4 is 34.7 Å². The third-order valence-corrected chi connectivity index (χ3v) is 7.76. The van der Waals surface area contributed by atoms with E-state index in [1.807, 2.05) is 4.90 Å². The molecule has 0 aliphatic carbocycles. The van der Waals surface area contributed by atoms with Gasteiger partial charge in [-0.1, -0.05) is 6.58 Å². The van der Waals surface area contributed by atoms with Crippen LogP contribution in [0, 0.1) is 0 Å². The Morgan fingerprint density at radius 1 is 1.24 bits per heavy atom. The maximum atomic E-state index is 13.2. The lowest BCUT2D eigenvalue weighted by Crippen LogP contribution is -2.50. The molecule has 0 radical (unpaired) electrons. The number of fused-ring (bicyclic) bond motifs is 1. The van der Waals surface area contributed by atoms with Crippen molar-refractivity contribution in [2.75, 3.05) is 62.8 Å². The zero-order chi connectivity index (χ0) is 29.3. The first-order chi connectivity index (χ1) is 20.3. The van der Waals surface area contributed by atoms with Crippen LogP contribution in [0.3, 0.4) is 0 Å². The van der Waals surface area contributed by atoms with Gasteiger partial charge in [-0.25, -0.2) is 9.67 Å². The van der Waals surface area contributed by atoms with Crippen LogP contribution in [0.15, 0.2) is 31.4 Å². The average molecular weight is 587 g/mol. The molecule has 0 saturated carbocycles. The highest BCUT2D eigenvalue weighted by Crippen LogP contribution is 2.35. The minimum atomic E-state index is -2.78. The van der Waals surface area contributed by atoms with E-state index in [4.69, 9.17) is 9.47 Å². The Bertz CT molecular complexity index is 1470. The van der Waals surface area contributed by atoms with Gasteiger partial charge in [0.15, 0.2) is 17.0 Å². The molecule has 2 amide bonds. The smallest absolute Gasteiger partial charge is 0.333 e. The molecule has 42 heavy (non-hydrogen) atoms. The number of likely N-dealkylation sites (tertiary alicyclic amines) is 1. The summed E-state index contributed by atoms with van der Waals surface area (Å²) in [5.41, 5.74) is 0.644. The van der Waals surface area contributed by atoms with Crippen LogP contribution in [0.25, 0.3) is 16.9 Å². The second-order valence-corrected chi connectivity index (χ2v) is 10.6. The third kappa shape index (κ3) is 5.63. The van der Waals surface area contributed by atoms with Crippen LogP contribution >= 0.6 is 0 Å². The molecule has 2 atom stereocenters. The quantitative estimate of drug-likeness (QED) is 0.368. The topological polar surface area (TPSA) is 145 Å². The summed E-state index contributed by atoms with van der Waals surface area (Å²) in [4.78, 5) is 42.6. The van der Waals surface area contributed by atoms with E-state index in [1.54, 1.807) is 9.47 Å². The predicted octanol–water partition coefficient (Wildman–Crippen LogP) is 1.11. The molecule has 224 valence electrons. The van der Waals surface area contributed by atoms with Gasteiger partial charge in [0.2, 0.25) is 17.8 Å². The minimum absolute atomic E-state index is 0.0879. The number of morpholine rings is 1. The fraction of sp³-hybridized carbons (Fsp3) is 0.538. The van der Waals surface area contributed by atoms with Gasteiger partial charge in [0.25, 0.3) is 0 Å². The van der Waals surface area contributed by atoms with E-state index in [0.29, 0.717) is 85.7 Å². The largest absolute Gasteiger partial charge is 0.378 e. The van der Waals surface area contributed by atoms with Gasteiger partial charge in [0.05, 0.1) is 62.6 Å². The number of alkyl halides is 2. The van der Waals surface area contributed by atoms with Gasteiger partial charge in [0, 0.05) is 26.1 Å². The van der Waals surface area contributed by atoms with Crippen LogP contribution in [0.4, 0.5) is 20.5 Å². The third-order valence-electron chi connectivity index (χ3n) is 7.76. The molecule has 2 N–H and O–H groups in total.